The van der Waals surface area contributed by atoms with Crippen molar-refractivity contribution in [3.63, 3.8) is 0 Å². The molecule has 0 radical (unpaired) electrons. The second kappa shape index (κ2) is 4.42. The van der Waals surface area contributed by atoms with E-state index in [-0.39, 0.29) is 0 Å². The Labute approximate surface area is 73.3 Å². The van der Waals surface area contributed by atoms with Crippen molar-refractivity contribution in [1.82, 2.24) is 4.90 Å². The fourth-order valence-corrected chi connectivity index (χ4v) is 0.968. The number of nitrogens with two attached hydrogens (primary N) is 1. The number of hydrogen-bond acceptors (Lipinski definition) is 3. The molecule has 4 nitrogen and oxygen atoms in total. The molecule has 0 aliphatic carbocycles. The van der Waals surface area contributed by atoms with Crippen LogP contribution in [0.4, 0.5) is 0 Å². The lowest BCUT2D eigenvalue weighted by Crippen LogP contribution is -2.48. The monoisotopic (exact) mass is 174 g/mol. The van der Waals surface area contributed by atoms with Gasteiger partial charge in [0.25, 0.3) is 0 Å². The highest BCUT2D eigenvalue weighted by Crippen LogP contribution is 2.18. The van der Waals surface area contributed by atoms with Crippen LogP contribution in [0.3, 0.4) is 0 Å². The Morgan fingerprint density at radius 1 is 1.58 bits per heavy atom. The van der Waals surface area contributed by atoms with E-state index >= 15 is 0 Å². The third-order valence-electron chi connectivity index (χ3n) is 2.32. The second-order valence-electron chi connectivity index (χ2n) is 3.37. The van der Waals surface area contributed by atoms with Crippen molar-refractivity contribution in [2.75, 3.05) is 20.6 Å². The molecule has 72 valence electrons. The summed E-state index contributed by atoms with van der Waals surface area (Å²) in [6.45, 7) is 2.25. The average Bonchev–Trinajstić information content (AvgIpc) is 1.99. The highest BCUT2D eigenvalue weighted by molar-refractivity contribution is 5.78. The van der Waals surface area contributed by atoms with E-state index in [0.717, 1.165) is 6.42 Å². The molecular weight excluding hydrogens is 156 g/mol. The average molecular weight is 174 g/mol. The van der Waals surface area contributed by atoms with Crippen LogP contribution in [0.2, 0.25) is 0 Å². The minimum Gasteiger partial charge on any atom is -0.480 e. The largest absolute Gasteiger partial charge is 0.480 e. The Kier molecular flexibility index (Phi) is 4.20. The maximum atomic E-state index is 10.9. The lowest BCUT2D eigenvalue weighted by molar-refractivity contribution is -0.149. The molecule has 0 fully saturated rings. The van der Waals surface area contributed by atoms with E-state index in [1.54, 1.807) is 25.9 Å². The smallest absolute Gasteiger partial charge is 0.323 e. The normalized spacial score (nSPS) is 16.1. The maximum absolute atomic E-state index is 10.9. The van der Waals surface area contributed by atoms with Crippen molar-refractivity contribution in [3.8, 4) is 0 Å². The molecule has 0 amide bonds. The zero-order valence-corrected chi connectivity index (χ0v) is 8.00. The number of carboxylic acids is 1. The summed E-state index contributed by atoms with van der Waals surface area (Å²) in [4.78, 5) is 12.6. The SMILES string of the molecule is CN(C)C(C)(CCCN)C(=O)O. The molecular formula is C8H18N2O2. The first-order valence-corrected chi connectivity index (χ1v) is 4.06. The quantitative estimate of drug-likeness (QED) is 0.621. The molecule has 0 aromatic heterocycles. The van der Waals surface area contributed by atoms with Gasteiger partial charge in [0, 0.05) is 0 Å². The van der Waals surface area contributed by atoms with E-state index in [2.05, 4.69) is 0 Å². The minimum absolute atomic E-state index is 0.538. The first kappa shape index (κ1) is 11.4. The maximum Gasteiger partial charge on any atom is 0.323 e. The van der Waals surface area contributed by atoms with Gasteiger partial charge in [0.2, 0.25) is 0 Å². The van der Waals surface area contributed by atoms with Gasteiger partial charge in [0.15, 0.2) is 0 Å². The topological polar surface area (TPSA) is 66.6 Å². The van der Waals surface area contributed by atoms with Gasteiger partial charge < -0.3 is 10.8 Å². The molecule has 3 N–H and O–H groups in total. The number of carboxylic acid groups (broad SMARTS) is 1. The van der Waals surface area contributed by atoms with Crippen LogP contribution < -0.4 is 5.73 Å². The van der Waals surface area contributed by atoms with Gasteiger partial charge in [0.1, 0.15) is 5.54 Å². The third-order valence-corrected chi connectivity index (χ3v) is 2.32. The predicted octanol–water partition coefficient (Wildman–Crippen LogP) is 0.130. The van der Waals surface area contributed by atoms with Gasteiger partial charge in [-0.1, -0.05) is 0 Å². The van der Waals surface area contributed by atoms with Gasteiger partial charge in [-0.25, -0.2) is 0 Å². The summed E-state index contributed by atoms with van der Waals surface area (Å²) in [5.41, 5.74) is 4.55. The summed E-state index contributed by atoms with van der Waals surface area (Å²) in [5, 5.41) is 8.95. The van der Waals surface area contributed by atoms with Crippen LogP contribution in [0.1, 0.15) is 19.8 Å². The molecule has 1 atom stereocenters. The fraction of sp³-hybridized carbons (Fsp3) is 0.875. The van der Waals surface area contributed by atoms with Crippen LogP contribution in [0.15, 0.2) is 0 Å². The number of aliphatic carboxylic acids is 1. The second-order valence-corrected chi connectivity index (χ2v) is 3.37. The van der Waals surface area contributed by atoms with Crippen molar-refractivity contribution in [1.29, 1.82) is 0 Å². The van der Waals surface area contributed by atoms with E-state index in [0.29, 0.717) is 13.0 Å². The van der Waals surface area contributed by atoms with Crippen LogP contribution in [0.25, 0.3) is 0 Å². The molecule has 0 aromatic rings. The standard InChI is InChI=1S/C8H18N2O2/c1-8(7(11)12,10(2)3)5-4-6-9/h4-6,9H2,1-3H3,(H,11,12). The Morgan fingerprint density at radius 3 is 2.33 bits per heavy atom. The van der Waals surface area contributed by atoms with Crippen LogP contribution in [0.5, 0.6) is 0 Å². The van der Waals surface area contributed by atoms with Crippen molar-refractivity contribution >= 4 is 5.97 Å². The van der Waals surface area contributed by atoms with Crippen LogP contribution >= 0.6 is 0 Å². The first-order valence-electron chi connectivity index (χ1n) is 4.06. The molecule has 0 rings (SSSR count). The lowest BCUT2D eigenvalue weighted by atomic mass is 9.95. The third kappa shape index (κ3) is 2.46. The van der Waals surface area contributed by atoms with Crippen molar-refractivity contribution in [3.05, 3.63) is 0 Å². The number of hydrogen-bond donors (Lipinski definition) is 2. The van der Waals surface area contributed by atoms with Crippen molar-refractivity contribution in [2.45, 2.75) is 25.3 Å². The number of nitrogens with zero attached hydrogens (tertiary/aromatic N) is 1. The van der Waals surface area contributed by atoms with Gasteiger partial charge in [-0.05, 0) is 40.4 Å². The zero-order chi connectivity index (χ0) is 9.78. The summed E-state index contributed by atoms with van der Waals surface area (Å²) in [6.07, 6.45) is 1.33. The number of rotatable bonds is 5. The van der Waals surface area contributed by atoms with E-state index < -0.39 is 11.5 Å². The summed E-state index contributed by atoms with van der Waals surface area (Å²) in [5.74, 6) is -0.791. The molecule has 0 heterocycles. The van der Waals surface area contributed by atoms with Gasteiger partial charge in [0.05, 0.1) is 0 Å². The van der Waals surface area contributed by atoms with Gasteiger partial charge >= 0.3 is 5.97 Å². The Bertz CT molecular complexity index is 159. The molecule has 12 heavy (non-hydrogen) atoms. The van der Waals surface area contributed by atoms with Gasteiger partial charge in [-0.2, -0.15) is 0 Å². The molecule has 0 saturated heterocycles. The summed E-state index contributed by atoms with van der Waals surface area (Å²) < 4.78 is 0. The molecule has 4 heteroatoms. The van der Waals surface area contributed by atoms with E-state index in [4.69, 9.17) is 10.8 Å². The Morgan fingerprint density at radius 2 is 2.08 bits per heavy atom. The highest BCUT2D eigenvalue weighted by Gasteiger charge is 2.34. The summed E-state index contributed by atoms with van der Waals surface area (Å²) >= 11 is 0. The molecule has 0 aliphatic heterocycles. The van der Waals surface area contributed by atoms with E-state index in [1.165, 1.54) is 0 Å². The van der Waals surface area contributed by atoms with Gasteiger partial charge in [-0.15, -0.1) is 0 Å². The molecule has 0 bridgehead atoms. The summed E-state index contributed by atoms with van der Waals surface area (Å²) in [6, 6.07) is 0. The van der Waals surface area contributed by atoms with Gasteiger partial charge in [-0.3, -0.25) is 9.69 Å². The minimum atomic E-state index is -0.791. The first-order chi connectivity index (χ1) is 5.45. The molecule has 0 saturated carbocycles. The van der Waals surface area contributed by atoms with Crippen molar-refractivity contribution in [2.24, 2.45) is 5.73 Å². The summed E-state index contributed by atoms with van der Waals surface area (Å²) in [7, 11) is 3.54. The highest BCUT2D eigenvalue weighted by atomic mass is 16.4. The lowest BCUT2D eigenvalue weighted by Gasteiger charge is -2.31. The van der Waals surface area contributed by atoms with Crippen LogP contribution in [-0.2, 0) is 4.79 Å². The van der Waals surface area contributed by atoms with Crippen LogP contribution in [-0.4, -0.2) is 42.2 Å². The van der Waals surface area contributed by atoms with Crippen LogP contribution in [0, 0.1) is 0 Å². The molecule has 0 aliphatic rings. The predicted molar refractivity (Wildman–Crippen MR) is 48.0 cm³/mol. The molecule has 1 unspecified atom stereocenters. The molecule has 0 spiro atoms. The van der Waals surface area contributed by atoms with Crippen molar-refractivity contribution < 1.29 is 9.90 Å². The zero-order valence-electron chi connectivity index (χ0n) is 8.00. The fourth-order valence-electron chi connectivity index (χ4n) is 0.968. The number of carbonyl (C=O) groups is 1. The van der Waals surface area contributed by atoms with E-state index in [1.807, 2.05) is 0 Å². The Balaban J connectivity index is 4.29. The Hall–Kier alpha value is -0.610. The van der Waals surface area contributed by atoms with E-state index in [9.17, 15) is 4.79 Å². The number of likely N-dealkylation sites (N-methyl/N-ethyl adjacent to an activating group) is 1. The molecule has 0 aromatic carbocycles.